The van der Waals surface area contributed by atoms with Crippen LogP contribution in [0.5, 0.6) is 0 Å². The fourth-order valence-electron chi connectivity index (χ4n) is 2.52. The molecule has 1 aliphatic rings. The lowest BCUT2D eigenvalue weighted by Gasteiger charge is -2.28. The molecule has 0 aromatic heterocycles. The molecule has 5 nitrogen and oxygen atoms in total. The van der Waals surface area contributed by atoms with Gasteiger partial charge in [0.05, 0.1) is 0 Å². The van der Waals surface area contributed by atoms with Gasteiger partial charge >= 0.3 is 0 Å². The van der Waals surface area contributed by atoms with Crippen molar-refractivity contribution in [1.82, 2.24) is 16.0 Å². The van der Waals surface area contributed by atoms with Crippen molar-refractivity contribution in [3.05, 3.63) is 0 Å². The molecule has 0 aliphatic carbocycles. The van der Waals surface area contributed by atoms with E-state index in [-0.39, 0.29) is 11.8 Å². The predicted octanol–water partition coefficient (Wildman–Crippen LogP) is 0.653. The van der Waals surface area contributed by atoms with Crippen molar-refractivity contribution in [1.29, 1.82) is 0 Å². The van der Waals surface area contributed by atoms with Gasteiger partial charge < -0.3 is 16.0 Å². The molecule has 0 radical (unpaired) electrons. The molecule has 0 aromatic rings. The van der Waals surface area contributed by atoms with Gasteiger partial charge in [-0.05, 0) is 51.6 Å². The lowest BCUT2D eigenvalue weighted by atomic mass is 9.85. The summed E-state index contributed by atoms with van der Waals surface area (Å²) in [5.74, 6) is 0.771. The molecule has 1 saturated heterocycles. The Morgan fingerprint density at radius 1 is 1.37 bits per heavy atom. The van der Waals surface area contributed by atoms with Gasteiger partial charge in [-0.3, -0.25) is 9.59 Å². The molecule has 1 fully saturated rings. The highest BCUT2D eigenvalue weighted by Crippen LogP contribution is 2.22. The van der Waals surface area contributed by atoms with E-state index >= 15 is 0 Å². The van der Waals surface area contributed by atoms with E-state index < -0.39 is 6.04 Å². The summed E-state index contributed by atoms with van der Waals surface area (Å²) in [5, 5.41) is 8.84. The van der Waals surface area contributed by atoms with Crippen LogP contribution in [0.2, 0.25) is 0 Å². The molecule has 0 aromatic carbocycles. The van der Waals surface area contributed by atoms with E-state index in [1.165, 1.54) is 12.8 Å². The van der Waals surface area contributed by atoms with Gasteiger partial charge in [-0.2, -0.15) is 0 Å². The van der Waals surface area contributed by atoms with Gasteiger partial charge in [-0.15, -0.1) is 0 Å². The predicted molar refractivity (Wildman–Crippen MR) is 75.7 cm³/mol. The number of nitrogens with one attached hydrogen (secondary N) is 3. The Morgan fingerprint density at radius 2 is 2.11 bits per heavy atom. The average Bonchev–Trinajstić information content (AvgIpc) is 2.39. The Kier molecular flexibility index (Phi) is 6.84. The van der Waals surface area contributed by atoms with Crippen LogP contribution < -0.4 is 16.0 Å². The van der Waals surface area contributed by atoms with E-state index in [0.29, 0.717) is 24.8 Å². The molecule has 5 heteroatoms. The highest BCUT2D eigenvalue weighted by Gasteiger charge is 2.23. The third kappa shape index (κ3) is 5.59. The third-order valence-corrected chi connectivity index (χ3v) is 3.77. The smallest absolute Gasteiger partial charge is 0.242 e. The van der Waals surface area contributed by atoms with Crippen LogP contribution in [0.1, 0.15) is 40.0 Å². The van der Waals surface area contributed by atoms with Crippen LogP contribution in [-0.4, -0.2) is 37.5 Å². The third-order valence-electron chi connectivity index (χ3n) is 3.77. The minimum Gasteiger partial charge on any atom is -0.355 e. The quantitative estimate of drug-likeness (QED) is 0.663. The first-order valence-corrected chi connectivity index (χ1v) is 7.32. The fraction of sp³-hybridized carbons (Fsp3) is 0.857. The minimum atomic E-state index is -0.455. The molecule has 3 N–H and O–H groups in total. The van der Waals surface area contributed by atoms with Crippen LogP contribution in [0.3, 0.4) is 0 Å². The Hall–Kier alpha value is -1.10. The Morgan fingerprint density at radius 3 is 2.68 bits per heavy atom. The van der Waals surface area contributed by atoms with Crippen LogP contribution >= 0.6 is 0 Å². The van der Waals surface area contributed by atoms with E-state index in [1.807, 2.05) is 6.92 Å². The zero-order valence-electron chi connectivity index (χ0n) is 12.3. The number of piperidine rings is 1. The number of hydrogen-bond acceptors (Lipinski definition) is 3. The molecule has 2 amide bonds. The second-order valence-corrected chi connectivity index (χ2v) is 5.47. The normalized spacial score (nSPS) is 22.4. The van der Waals surface area contributed by atoms with Crippen LogP contribution in [0.15, 0.2) is 0 Å². The van der Waals surface area contributed by atoms with Crippen LogP contribution in [0, 0.1) is 11.8 Å². The van der Waals surface area contributed by atoms with Crippen molar-refractivity contribution in [2.75, 3.05) is 19.6 Å². The number of carbonyl (C=O) groups excluding carboxylic acids is 2. The van der Waals surface area contributed by atoms with Crippen LogP contribution in [0.25, 0.3) is 0 Å². The minimum absolute atomic E-state index is 0.0307. The van der Waals surface area contributed by atoms with Crippen LogP contribution in [0.4, 0.5) is 0 Å². The van der Waals surface area contributed by atoms with Crippen LogP contribution in [-0.2, 0) is 9.59 Å². The zero-order valence-corrected chi connectivity index (χ0v) is 12.3. The second-order valence-electron chi connectivity index (χ2n) is 5.47. The summed E-state index contributed by atoms with van der Waals surface area (Å²) in [4.78, 5) is 23.4. The van der Waals surface area contributed by atoms with Gasteiger partial charge in [0.25, 0.3) is 0 Å². The monoisotopic (exact) mass is 269 g/mol. The number of likely N-dealkylation sites (N-methyl/N-ethyl adjacent to an activating group) is 1. The highest BCUT2D eigenvalue weighted by molar-refractivity contribution is 5.87. The van der Waals surface area contributed by atoms with E-state index in [2.05, 4.69) is 22.9 Å². The van der Waals surface area contributed by atoms with E-state index in [4.69, 9.17) is 0 Å². The van der Waals surface area contributed by atoms with Crippen molar-refractivity contribution < 1.29 is 9.59 Å². The largest absolute Gasteiger partial charge is 0.355 e. The standard InChI is InChI=1S/C14H27N3O2/c1-4-16-14(19)11(3)17-13(18)8-10(2)12-6-5-7-15-9-12/h10-12,15H,4-9H2,1-3H3,(H,16,19)(H,17,18). The van der Waals surface area contributed by atoms with Gasteiger partial charge in [-0.1, -0.05) is 6.92 Å². The summed E-state index contributed by atoms with van der Waals surface area (Å²) in [7, 11) is 0. The Balaban J connectivity index is 2.31. The van der Waals surface area contributed by atoms with Gasteiger partial charge in [0.15, 0.2) is 0 Å². The summed E-state index contributed by atoms with van der Waals surface area (Å²) in [6, 6.07) is -0.455. The molecule has 110 valence electrons. The number of amides is 2. The summed E-state index contributed by atoms with van der Waals surface area (Å²) >= 11 is 0. The molecular weight excluding hydrogens is 242 g/mol. The maximum absolute atomic E-state index is 11.9. The molecule has 0 bridgehead atoms. The van der Waals surface area contributed by atoms with E-state index in [1.54, 1.807) is 6.92 Å². The van der Waals surface area contributed by atoms with Crippen molar-refractivity contribution in [2.24, 2.45) is 11.8 Å². The summed E-state index contributed by atoms with van der Waals surface area (Å²) in [6.45, 7) is 8.38. The molecule has 1 aliphatic heterocycles. The van der Waals surface area contributed by atoms with Crippen molar-refractivity contribution >= 4 is 11.8 Å². The van der Waals surface area contributed by atoms with Gasteiger partial charge in [-0.25, -0.2) is 0 Å². The second kappa shape index (κ2) is 8.15. The fourth-order valence-corrected chi connectivity index (χ4v) is 2.52. The first-order chi connectivity index (χ1) is 9.04. The van der Waals surface area contributed by atoms with Crippen molar-refractivity contribution in [2.45, 2.75) is 46.1 Å². The van der Waals surface area contributed by atoms with Gasteiger partial charge in [0.1, 0.15) is 6.04 Å². The molecule has 0 saturated carbocycles. The summed E-state index contributed by atoms with van der Waals surface area (Å²) in [6.07, 6.45) is 2.87. The van der Waals surface area contributed by atoms with Crippen molar-refractivity contribution in [3.8, 4) is 0 Å². The Labute approximate surface area is 115 Å². The van der Waals surface area contributed by atoms with E-state index in [0.717, 1.165) is 13.1 Å². The molecule has 3 unspecified atom stereocenters. The van der Waals surface area contributed by atoms with Gasteiger partial charge in [0, 0.05) is 13.0 Å². The summed E-state index contributed by atoms with van der Waals surface area (Å²) < 4.78 is 0. The molecule has 3 atom stereocenters. The summed E-state index contributed by atoms with van der Waals surface area (Å²) in [5.41, 5.74) is 0. The first-order valence-electron chi connectivity index (χ1n) is 7.32. The maximum atomic E-state index is 11.9. The van der Waals surface area contributed by atoms with Crippen molar-refractivity contribution in [3.63, 3.8) is 0 Å². The lowest BCUT2D eigenvalue weighted by molar-refractivity contribution is -0.129. The molecular formula is C14H27N3O2. The highest BCUT2D eigenvalue weighted by atomic mass is 16.2. The number of carbonyl (C=O) groups is 2. The lowest BCUT2D eigenvalue weighted by Crippen LogP contribution is -2.45. The average molecular weight is 269 g/mol. The Bertz CT molecular complexity index is 301. The molecule has 1 rings (SSSR count). The molecule has 19 heavy (non-hydrogen) atoms. The number of hydrogen-bond donors (Lipinski definition) is 3. The zero-order chi connectivity index (χ0) is 14.3. The SMILES string of the molecule is CCNC(=O)C(C)NC(=O)CC(C)C1CCCNC1. The van der Waals surface area contributed by atoms with E-state index in [9.17, 15) is 9.59 Å². The molecule has 1 heterocycles. The first kappa shape index (κ1) is 16.0. The number of rotatable bonds is 6. The van der Waals surface area contributed by atoms with Gasteiger partial charge in [0.2, 0.25) is 11.8 Å². The maximum Gasteiger partial charge on any atom is 0.242 e. The molecule has 0 spiro atoms. The topological polar surface area (TPSA) is 70.2 Å².